The Bertz CT molecular complexity index is 1450. The van der Waals surface area contributed by atoms with Gasteiger partial charge in [0, 0.05) is 47.9 Å². The molecule has 3 aliphatic rings. The van der Waals surface area contributed by atoms with E-state index in [9.17, 15) is 4.39 Å². The summed E-state index contributed by atoms with van der Waals surface area (Å²) in [6.07, 6.45) is 8.79. The molecule has 3 aromatic rings. The van der Waals surface area contributed by atoms with Crippen LogP contribution in [0.1, 0.15) is 24.0 Å². The predicted octanol–water partition coefficient (Wildman–Crippen LogP) is 3.91. The molecule has 7 nitrogen and oxygen atoms in total. The van der Waals surface area contributed by atoms with Crippen molar-refractivity contribution in [3.8, 4) is 29.6 Å². The number of nitrogen functional groups attached to an aromatic ring is 1. The Morgan fingerprint density at radius 3 is 2.91 bits per heavy atom. The number of nitrogens with zero attached hydrogens (tertiary/aromatic N) is 4. The average molecular weight is 475 g/mol. The Kier molecular flexibility index (Phi) is 5.07. The highest BCUT2D eigenvalue weighted by molar-refractivity contribution is 5.96. The van der Waals surface area contributed by atoms with E-state index in [2.05, 4.69) is 25.8 Å². The first-order valence-corrected chi connectivity index (χ1v) is 11.5. The van der Waals surface area contributed by atoms with E-state index < -0.39 is 11.6 Å². The summed E-state index contributed by atoms with van der Waals surface area (Å²) in [5, 5.41) is 0.469. The van der Waals surface area contributed by atoms with Gasteiger partial charge in [0.1, 0.15) is 22.9 Å². The van der Waals surface area contributed by atoms with Crippen LogP contribution in [0.3, 0.4) is 0 Å². The molecule has 3 heterocycles. The van der Waals surface area contributed by atoms with Gasteiger partial charge in [-0.15, -0.1) is 6.42 Å². The number of rotatable bonds is 3. The van der Waals surface area contributed by atoms with E-state index in [0.717, 1.165) is 12.0 Å². The fourth-order valence-electron chi connectivity index (χ4n) is 5.20. The van der Waals surface area contributed by atoms with Gasteiger partial charge < -0.3 is 20.1 Å². The molecule has 0 amide bonds. The first-order valence-electron chi connectivity index (χ1n) is 11.5. The monoisotopic (exact) mass is 475 g/mol. The first-order chi connectivity index (χ1) is 17.0. The van der Waals surface area contributed by atoms with Crippen LogP contribution >= 0.6 is 0 Å². The molecule has 178 valence electrons. The number of terminal acetylenes is 1. The number of anilines is 2. The molecule has 2 atom stereocenters. The standard InChI is InChI=1S/C26H23F2N5O2/c1-3-16-19(27)5-4-13-8-15(29)10-17(21(13)16)23-22(28)24-18(11-30-23)25(32-26(31-24)34-2)33-6-7-35-12-14-9-20(14)33/h1,8,10-11,14,20H,4-7,9,12,29H2,2H3. The minimum Gasteiger partial charge on any atom is -0.467 e. The third-order valence-corrected chi connectivity index (χ3v) is 6.97. The lowest BCUT2D eigenvalue weighted by Gasteiger charge is -2.24. The summed E-state index contributed by atoms with van der Waals surface area (Å²) < 4.78 is 41.8. The van der Waals surface area contributed by atoms with E-state index in [1.54, 1.807) is 18.3 Å². The summed E-state index contributed by atoms with van der Waals surface area (Å²) in [7, 11) is 1.44. The highest BCUT2D eigenvalue weighted by Gasteiger charge is 2.44. The molecule has 1 aromatic carbocycles. The fourth-order valence-corrected chi connectivity index (χ4v) is 5.20. The van der Waals surface area contributed by atoms with Gasteiger partial charge in [-0.1, -0.05) is 5.92 Å². The SMILES string of the molecule is C#CC1=C(F)CCc2cc(N)cc(-c3ncc4c(N5CCOCC6CC65)nc(OC)nc4c3F)c21. The smallest absolute Gasteiger partial charge is 0.318 e. The van der Waals surface area contributed by atoms with Gasteiger partial charge in [0.25, 0.3) is 0 Å². The van der Waals surface area contributed by atoms with Crippen LogP contribution in [0, 0.1) is 24.1 Å². The number of hydrogen-bond acceptors (Lipinski definition) is 7. The molecule has 1 saturated heterocycles. The summed E-state index contributed by atoms with van der Waals surface area (Å²) in [5.74, 6) is 2.35. The molecule has 9 heteroatoms. The minimum absolute atomic E-state index is 0.00120. The second-order valence-electron chi connectivity index (χ2n) is 9.08. The third kappa shape index (κ3) is 3.48. The Balaban J connectivity index is 1.57. The molecule has 2 aliphatic carbocycles. The zero-order valence-corrected chi connectivity index (χ0v) is 19.1. The lowest BCUT2D eigenvalue weighted by Crippen LogP contribution is -2.30. The predicted molar refractivity (Wildman–Crippen MR) is 129 cm³/mol. The van der Waals surface area contributed by atoms with Crippen LogP contribution in [0.2, 0.25) is 0 Å². The topological polar surface area (TPSA) is 86.4 Å². The van der Waals surface area contributed by atoms with E-state index >= 15 is 4.39 Å². The number of aromatic nitrogens is 3. The number of fused-ring (bicyclic) bond motifs is 3. The van der Waals surface area contributed by atoms with Crippen LogP contribution in [0.15, 0.2) is 24.2 Å². The molecule has 0 radical (unpaired) electrons. The highest BCUT2D eigenvalue weighted by atomic mass is 19.1. The van der Waals surface area contributed by atoms with Crippen molar-refractivity contribution in [3.63, 3.8) is 0 Å². The molecular formula is C26H23F2N5O2. The van der Waals surface area contributed by atoms with E-state index in [4.69, 9.17) is 21.6 Å². The molecule has 2 fully saturated rings. The summed E-state index contributed by atoms with van der Waals surface area (Å²) in [4.78, 5) is 15.5. The Hall–Kier alpha value is -3.77. The summed E-state index contributed by atoms with van der Waals surface area (Å²) in [6.45, 7) is 1.88. The van der Waals surface area contributed by atoms with Crippen LogP contribution < -0.4 is 15.4 Å². The summed E-state index contributed by atoms with van der Waals surface area (Å²) in [6, 6.07) is 3.65. The lowest BCUT2D eigenvalue weighted by atomic mass is 9.85. The number of allylic oxidation sites excluding steroid dienone is 2. The number of halogens is 2. The Labute approximate surface area is 201 Å². The van der Waals surface area contributed by atoms with Crippen LogP contribution in [0.4, 0.5) is 20.3 Å². The number of nitrogens with two attached hydrogens (primary N) is 1. The van der Waals surface area contributed by atoms with Crippen molar-refractivity contribution in [1.82, 2.24) is 15.0 Å². The maximum Gasteiger partial charge on any atom is 0.318 e. The van der Waals surface area contributed by atoms with Gasteiger partial charge in [-0.05, 0) is 30.5 Å². The third-order valence-electron chi connectivity index (χ3n) is 6.97. The van der Waals surface area contributed by atoms with Gasteiger partial charge >= 0.3 is 6.01 Å². The van der Waals surface area contributed by atoms with Crippen molar-refractivity contribution in [3.05, 3.63) is 41.1 Å². The lowest BCUT2D eigenvalue weighted by molar-refractivity contribution is 0.139. The molecule has 1 aliphatic heterocycles. The molecule has 0 spiro atoms. The van der Waals surface area contributed by atoms with Crippen molar-refractivity contribution in [2.45, 2.75) is 25.3 Å². The molecule has 1 saturated carbocycles. The highest BCUT2D eigenvalue weighted by Crippen LogP contribution is 2.44. The van der Waals surface area contributed by atoms with Crippen molar-refractivity contribution in [2.75, 3.05) is 37.5 Å². The van der Waals surface area contributed by atoms with Gasteiger partial charge in [-0.25, -0.2) is 8.78 Å². The van der Waals surface area contributed by atoms with Gasteiger partial charge in [0.15, 0.2) is 5.82 Å². The average Bonchev–Trinajstić information content (AvgIpc) is 3.64. The molecule has 6 rings (SSSR count). The van der Waals surface area contributed by atoms with Crippen molar-refractivity contribution < 1.29 is 18.3 Å². The summed E-state index contributed by atoms with van der Waals surface area (Å²) >= 11 is 0. The van der Waals surface area contributed by atoms with Crippen LogP contribution in [0.25, 0.3) is 27.7 Å². The molecular weight excluding hydrogens is 452 g/mol. The number of ether oxygens (including phenoxy) is 2. The second-order valence-corrected chi connectivity index (χ2v) is 9.08. The fraction of sp³-hybridized carbons (Fsp3) is 0.346. The van der Waals surface area contributed by atoms with Gasteiger partial charge in [0.05, 0.1) is 31.3 Å². The van der Waals surface area contributed by atoms with E-state index in [1.165, 1.54) is 7.11 Å². The quantitative estimate of drug-likeness (QED) is 0.454. The largest absolute Gasteiger partial charge is 0.467 e. The first kappa shape index (κ1) is 21.7. The Morgan fingerprint density at radius 2 is 2.11 bits per heavy atom. The van der Waals surface area contributed by atoms with Crippen molar-refractivity contribution in [2.24, 2.45) is 5.92 Å². The van der Waals surface area contributed by atoms with Crippen LogP contribution in [0.5, 0.6) is 6.01 Å². The van der Waals surface area contributed by atoms with E-state index in [-0.39, 0.29) is 35.3 Å². The van der Waals surface area contributed by atoms with Crippen LogP contribution in [-0.4, -0.2) is 47.9 Å². The second kappa shape index (κ2) is 8.17. The molecule has 35 heavy (non-hydrogen) atoms. The van der Waals surface area contributed by atoms with Gasteiger partial charge in [0.2, 0.25) is 0 Å². The van der Waals surface area contributed by atoms with Gasteiger partial charge in [-0.3, -0.25) is 4.98 Å². The maximum atomic E-state index is 16.2. The van der Waals surface area contributed by atoms with Crippen molar-refractivity contribution >= 4 is 28.0 Å². The summed E-state index contributed by atoms with van der Waals surface area (Å²) in [5.41, 5.74) is 8.27. The normalized spacial score (nSPS) is 21.3. The number of aryl methyl sites for hydroxylation is 1. The van der Waals surface area contributed by atoms with Crippen LogP contribution in [-0.2, 0) is 11.2 Å². The zero-order valence-electron chi connectivity index (χ0n) is 19.1. The number of hydrogen-bond donors (Lipinski definition) is 1. The number of pyridine rings is 1. The van der Waals surface area contributed by atoms with E-state index in [1.807, 2.05) is 0 Å². The maximum absolute atomic E-state index is 16.2. The number of benzene rings is 1. The minimum atomic E-state index is -0.668. The van der Waals surface area contributed by atoms with E-state index in [0.29, 0.717) is 60.1 Å². The number of methoxy groups -OCH3 is 1. The molecule has 2 N–H and O–H groups in total. The molecule has 2 unspecified atom stereocenters. The molecule has 0 bridgehead atoms. The molecule has 2 aromatic heterocycles. The van der Waals surface area contributed by atoms with Crippen molar-refractivity contribution in [1.29, 1.82) is 0 Å². The van der Waals surface area contributed by atoms with Gasteiger partial charge in [-0.2, -0.15) is 9.97 Å². The Morgan fingerprint density at radius 1 is 1.26 bits per heavy atom. The zero-order chi connectivity index (χ0) is 24.3.